The summed E-state index contributed by atoms with van der Waals surface area (Å²) >= 11 is 0. The summed E-state index contributed by atoms with van der Waals surface area (Å²) in [5.41, 5.74) is 13.1. The normalized spacial score (nSPS) is 11.3. The maximum absolute atomic E-state index is 5.19. The molecule has 0 saturated heterocycles. The van der Waals surface area contributed by atoms with E-state index >= 15 is 0 Å². The first-order valence-corrected chi connectivity index (χ1v) is 20.3. The van der Waals surface area contributed by atoms with Crippen molar-refractivity contribution in [3.05, 3.63) is 218 Å². The van der Waals surface area contributed by atoms with Crippen molar-refractivity contribution in [2.24, 2.45) is 0 Å². The summed E-state index contributed by atoms with van der Waals surface area (Å²) in [6.07, 6.45) is 0. The summed E-state index contributed by atoms with van der Waals surface area (Å²) in [6, 6.07) is 75.2. The van der Waals surface area contributed by atoms with E-state index in [1.54, 1.807) is 0 Å². The van der Waals surface area contributed by atoms with Crippen molar-refractivity contribution in [2.75, 3.05) is 0 Å². The molecule has 8 aromatic carbocycles. The van der Waals surface area contributed by atoms with Crippen LogP contribution in [0.3, 0.4) is 0 Å². The molecule has 0 bridgehead atoms. The van der Waals surface area contributed by atoms with Gasteiger partial charge < -0.3 is 4.57 Å². The third kappa shape index (κ3) is 6.92. The highest BCUT2D eigenvalue weighted by Gasteiger charge is 2.17. The minimum absolute atomic E-state index is 0.623. The van der Waals surface area contributed by atoms with E-state index < -0.39 is 0 Å². The molecule has 0 aliphatic rings. The van der Waals surface area contributed by atoms with Crippen LogP contribution >= 0.6 is 0 Å². The molecule has 11 aromatic rings. The lowest BCUT2D eigenvalue weighted by Crippen LogP contribution is -2.00. The summed E-state index contributed by atoms with van der Waals surface area (Å²) in [5, 5.41) is 2.37. The van der Waals surface area contributed by atoms with Crippen molar-refractivity contribution in [2.45, 2.75) is 0 Å². The lowest BCUT2D eigenvalue weighted by Gasteiger charge is -2.12. The Hall–Kier alpha value is -8.35. The van der Waals surface area contributed by atoms with E-state index in [-0.39, 0.29) is 0 Å². The molecule has 3 heterocycles. The van der Waals surface area contributed by atoms with E-state index in [1.807, 2.05) is 78.9 Å². The van der Waals surface area contributed by atoms with E-state index in [1.165, 1.54) is 16.3 Å². The van der Waals surface area contributed by atoms with Crippen molar-refractivity contribution in [3.63, 3.8) is 0 Å². The Morgan fingerprint density at radius 3 is 1.25 bits per heavy atom. The summed E-state index contributed by atoms with van der Waals surface area (Å²) in [5.74, 6) is 2.58. The molecule has 0 unspecified atom stereocenters. The SMILES string of the molecule is c1ccc(-c2nc(-c3cccc(-c4ccc(-c5nc(-c6ccccc6)nc(-c6ccccc6)n5)cc4)c3)cc(-c3ccc4c(c3)c3ccccc3n4-c3ccccc3)n2)cc1. The molecule has 0 aliphatic carbocycles. The molecular formula is C55H36N6. The largest absolute Gasteiger partial charge is 0.309 e. The molecule has 286 valence electrons. The zero-order chi connectivity index (χ0) is 40.5. The van der Waals surface area contributed by atoms with Crippen LogP contribution in [0.15, 0.2) is 218 Å². The molecule has 3 aromatic heterocycles. The molecule has 61 heavy (non-hydrogen) atoms. The van der Waals surface area contributed by atoms with Gasteiger partial charge in [0.1, 0.15) is 0 Å². The minimum atomic E-state index is 0.623. The zero-order valence-electron chi connectivity index (χ0n) is 33.0. The maximum Gasteiger partial charge on any atom is 0.164 e. The first-order valence-electron chi connectivity index (χ1n) is 20.3. The predicted octanol–water partition coefficient (Wildman–Crippen LogP) is 13.4. The third-order valence-electron chi connectivity index (χ3n) is 11.1. The molecular weight excluding hydrogens is 745 g/mol. The van der Waals surface area contributed by atoms with Gasteiger partial charge in [-0.2, -0.15) is 0 Å². The first-order chi connectivity index (χ1) is 30.2. The fourth-order valence-electron chi connectivity index (χ4n) is 8.05. The standard InChI is InChI=1S/C55H36N6/c1-5-16-38(17-6-1)52-56-48(36-49(57-52)44-32-33-51-47(35-44)46-26-13-14-27-50(46)61(51)45-24-11-4-12-25-45)43-23-15-22-42(34-43)37-28-30-41(31-29-37)55-59-53(39-18-7-2-8-19-39)58-54(60-55)40-20-9-3-10-21-40/h1-36H. The van der Waals surface area contributed by atoms with E-state index in [0.717, 1.165) is 67.1 Å². The second-order valence-electron chi connectivity index (χ2n) is 14.9. The fourth-order valence-corrected chi connectivity index (χ4v) is 8.05. The summed E-state index contributed by atoms with van der Waals surface area (Å²) in [7, 11) is 0. The molecule has 0 atom stereocenters. The Morgan fingerprint density at radius 1 is 0.246 bits per heavy atom. The molecule has 0 saturated carbocycles. The van der Waals surface area contributed by atoms with E-state index in [0.29, 0.717) is 23.3 Å². The molecule has 11 rings (SSSR count). The van der Waals surface area contributed by atoms with Crippen molar-refractivity contribution in [1.29, 1.82) is 0 Å². The summed E-state index contributed by atoms with van der Waals surface area (Å²) in [4.78, 5) is 25.1. The smallest absolute Gasteiger partial charge is 0.164 e. The van der Waals surface area contributed by atoms with Crippen LogP contribution in [-0.4, -0.2) is 29.5 Å². The summed E-state index contributed by atoms with van der Waals surface area (Å²) < 4.78 is 2.33. The molecule has 0 amide bonds. The van der Waals surface area contributed by atoms with Crippen LogP contribution in [0, 0.1) is 0 Å². The Kier molecular flexibility index (Phi) is 9.06. The number of fused-ring (bicyclic) bond motifs is 3. The van der Waals surface area contributed by atoms with Crippen LogP contribution in [0.5, 0.6) is 0 Å². The Bertz CT molecular complexity index is 3270. The van der Waals surface area contributed by atoms with Gasteiger partial charge in [0.15, 0.2) is 23.3 Å². The number of rotatable bonds is 8. The van der Waals surface area contributed by atoms with Gasteiger partial charge in [-0.05, 0) is 53.6 Å². The van der Waals surface area contributed by atoms with Crippen molar-refractivity contribution in [1.82, 2.24) is 29.5 Å². The van der Waals surface area contributed by atoms with E-state index in [4.69, 9.17) is 24.9 Å². The molecule has 0 aliphatic heterocycles. The maximum atomic E-state index is 5.19. The average Bonchev–Trinajstić information content (AvgIpc) is 3.68. The molecule has 0 fully saturated rings. The Morgan fingerprint density at radius 2 is 0.656 bits per heavy atom. The van der Waals surface area contributed by atoms with Crippen molar-refractivity contribution >= 4 is 21.8 Å². The average molecular weight is 781 g/mol. The lowest BCUT2D eigenvalue weighted by molar-refractivity contribution is 1.07. The molecule has 6 nitrogen and oxygen atoms in total. The van der Waals surface area contributed by atoms with Gasteiger partial charge in [0, 0.05) is 49.8 Å². The molecule has 0 N–H and O–H groups in total. The van der Waals surface area contributed by atoms with Gasteiger partial charge in [-0.25, -0.2) is 24.9 Å². The van der Waals surface area contributed by atoms with Crippen LogP contribution in [0.1, 0.15) is 0 Å². The number of hydrogen-bond acceptors (Lipinski definition) is 5. The second-order valence-corrected chi connectivity index (χ2v) is 14.9. The predicted molar refractivity (Wildman–Crippen MR) is 248 cm³/mol. The summed E-state index contributed by atoms with van der Waals surface area (Å²) in [6.45, 7) is 0. The van der Waals surface area contributed by atoms with Gasteiger partial charge in [-0.1, -0.05) is 176 Å². The highest BCUT2D eigenvalue weighted by Crippen LogP contribution is 2.37. The Balaban J connectivity index is 0.978. The highest BCUT2D eigenvalue weighted by molar-refractivity contribution is 6.10. The van der Waals surface area contributed by atoms with E-state index in [2.05, 4.69) is 144 Å². The van der Waals surface area contributed by atoms with Crippen LogP contribution in [0.25, 0.3) is 107 Å². The second kappa shape index (κ2) is 15.4. The lowest BCUT2D eigenvalue weighted by atomic mass is 9.99. The van der Waals surface area contributed by atoms with Crippen LogP contribution in [-0.2, 0) is 0 Å². The zero-order valence-corrected chi connectivity index (χ0v) is 33.0. The quantitative estimate of drug-likeness (QED) is 0.154. The van der Waals surface area contributed by atoms with Crippen molar-refractivity contribution < 1.29 is 0 Å². The number of aromatic nitrogens is 6. The van der Waals surface area contributed by atoms with Gasteiger partial charge >= 0.3 is 0 Å². The minimum Gasteiger partial charge on any atom is -0.309 e. The monoisotopic (exact) mass is 780 g/mol. The Labute approximate surface area is 353 Å². The van der Waals surface area contributed by atoms with Gasteiger partial charge in [-0.15, -0.1) is 0 Å². The van der Waals surface area contributed by atoms with Crippen LogP contribution in [0.2, 0.25) is 0 Å². The molecule has 6 heteroatoms. The fraction of sp³-hybridized carbons (Fsp3) is 0. The van der Waals surface area contributed by atoms with Gasteiger partial charge in [0.25, 0.3) is 0 Å². The highest BCUT2D eigenvalue weighted by atomic mass is 15.0. The number of nitrogens with zero attached hydrogens (tertiary/aromatic N) is 6. The van der Waals surface area contributed by atoms with Gasteiger partial charge in [0.05, 0.1) is 22.4 Å². The number of para-hydroxylation sites is 2. The topological polar surface area (TPSA) is 69.4 Å². The number of hydrogen-bond donors (Lipinski definition) is 0. The third-order valence-corrected chi connectivity index (χ3v) is 11.1. The van der Waals surface area contributed by atoms with Crippen LogP contribution in [0.4, 0.5) is 0 Å². The van der Waals surface area contributed by atoms with Crippen LogP contribution < -0.4 is 0 Å². The van der Waals surface area contributed by atoms with Gasteiger partial charge in [0.2, 0.25) is 0 Å². The molecule has 0 spiro atoms. The molecule has 0 radical (unpaired) electrons. The van der Waals surface area contributed by atoms with Crippen molar-refractivity contribution in [3.8, 4) is 84.9 Å². The van der Waals surface area contributed by atoms with E-state index in [9.17, 15) is 0 Å². The first kappa shape index (κ1) is 35.8. The van der Waals surface area contributed by atoms with Gasteiger partial charge in [-0.3, -0.25) is 0 Å². The number of benzene rings is 8.